The summed E-state index contributed by atoms with van der Waals surface area (Å²) < 4.78 is 51.9. The lowest BCUT2D eigenvalue weighted by Crippen LogP contribution is -2.38. The molecule has 33 heavy (non-hydrogen) atoms. The van der Waals surface area contributed by atoms with Gasteiger partial charge in [0.25, 0.3) is 0 Å². The van der Waals surface area contributed by atoms with Gasteiger partial charge in [0, 0.05) is 24.2 Å². The third-order valence-electron chi connectivity index (χ3n) is 5.03. The second-order valence-electron chi connectivity index (χ2n) is 8.51. The highest BCUT2D eigenvalue weighted by atomic mass is 19.4. The van der Waals surface area contributed by atoms with Crippen LogP contribution in [-0.4, -0.2) is 50.6 Å². The fourth-order valence-electron chi connectivity index (χ4n) is 3.16. The molecule has 4 rings (SSSR count). The van der Waals surface area contributed by atoms with Gasteiger partial charge in [-0.3, -0.25) is 4.68 Å². The van der Waals surface area contributed by atoms with Gasteiger partial charge in [0.15, 0.2) is 0 Å². The van der Waals surface area contributed by atoms with Crippen molar-refractivity contribution < 1.29 is 27.8 Å². The van der Waals surface area contributed by atoms with E-state index < -0.39 is 17.5 Å². The van der Waals surface area contributed by atoms with Gasteiger partial charge < -0.3 is 20.3 Å². The first-order valence-corrected chi connectivity index (χ1v) is 10.3. The topological polar surface area (TPSA) is 108 Å². The van der Waals surface area contributed by atoms with E-state index in [1.807, 2.05) is 0 Å². The van der Waals surface area contributed by atoms with Crippen LogP contribution in [0.25, 0.3) is 10.9 Å². The predicted octanol–water partition coefficient (Wildman–Crippen LogP) is 3.43. The smallest absolute Gasteiger partial charge is 0.433 e. The average Bonchev–Trinajstić information content (AvgIpc) is 3.10. The highest BCUT2D eigenvalue weighted by Crippen LogP contribution is 2.34. The maximum Gasteiger partial charge on any atom is 0.433 e. The maximum atomic E-state index is 13.0. The number of aliphatic hydroxyl groups is 1. The second-order valence-corrected chi connectivity index (χ2v) is 8.51. The monoisotopic (exact) mass is 463 g/mol. The van der Waals surface area contributed by atoms with Crippen LogP contribution in [0.2, 0.25) is 0 Å². The summed E-state index contributed by atoms with van der Waals surface area (Å²) in [4.78, 5) is 7.92. The Morgan fingerprint density at radius 2 is 2.06 bits per heavy atom. The molecule has 1 aromatic carbocycles. The minimum Gasteiger partial charge on any atom is -0.483 e. The minimum atomic E-state index is -4.59. The number of hydrogen-bond acceptors (Lipinski definition) is 6. The number of amidine groups is 1. The molecule has 0 atom stereocenters. The molecule has 8 nitrogen and oxygen atoms in total. The molecule has 0 amide bonds. The van der Waals surface area contributed by atoms with Crippen LogP contribution >= 0.6 is 0 Å². The van der Waals surface area contributed by atoms with Crippen LogP contribution in [0, 0.1) is 0 Å². The van der Waals surface area contributed by atoms with Crippen molar-refractivity contribution in [2.24, 2.45) is 10.7 Å². The Morgan fingerprint density at radius 1 is 1.30 bits per heavy atom. The van der Waals surface area contributed by atoms with Crippen LogP contribution in [0.15, 0.2) is 41.5 Å². The quantitative estimate of drug-likeness (QED) is 0.411. The summed E-state index contributed by atoms with van der Waals surface area (Å²) in [5.41, 5.74) is 5.03. The molecule has 1 saturated heterocycles. The van der Waals surface area contributed by atoms with Crippen molar-refractivity contribution in [3.05, 3.63) is 47.9 Å². The number of aryl methyl sites for hydroxylation is 1. The number of alkyl halides is 3. The van der Waals surface area contributed by atoms with Gasteiger partial charge in [0.05, 0.1) is 24.3 Å². The fourth-order valence-corrected chi connectivity index (χ4v) is 3.16. The van der Waals surface area contributed by atoms with Crippen LogP contribution < -0.4 is 10.5 Å². The lowest BCUT2D eigenvalue weighted by atomic mass is 10.1. The van der Waals surface area contributed by atoms with E-state index in [1.165, 1.54) is 12.1 Å². The lowest BCUT2D eigenvalue weighted by Gasteiger charge is -2.27. The molecule has 0 aliphatic carbocycles. The van der Waals surface area contributed by atoms with Crippen molar-refractivity contribution in [1.82, 2.24) is 14.8 Å². The number of nitrogens with two attached hydrogens (primary N) is 1. The van der Waals surface area contributed by atoms with Gasteiger partial charge in [0.1, 0.15) is 34.8 Å². The molecule has 3 N–H and O–H groups in total. The van der Waals surface area contributed by atoms with Gasteiger partial charge in [-0.15, -0.1) is 0 Å². The molecule has 0 bridgehead atoms. The molecule has 3 heterocycles. The highest BCUT2D eigenvalue weighted by Gasteiger charge is 2.32. The molecule has 1 aliphatic heterocycles. The van der Waals surface area contributed by atoms with E-state index in [2.05, 4.69) is 15.1 Å². The molecule has 11 heteroatoms. The predicted molar refractivity (Wildman–Crippen MR) is 116 cm³/mol. The number of ether oxygens (including phenoxy) is 2. The number of aromatic nitrogens is 3. The molecule has 1 aliphatic rings. The Morgan fingerprint density at radius 3 is 2.70 bits per heavy atom. The lowest BCUT2D eigenvalue weighted by molar-refractivity contribution is -0.141. The molecule has 0 spiro atoms. The van der Waals surface area contributed by atoms with Gasteiger partial charge in [0.2, 0.25) is 0 Å². The van der Waals surface area contributed by atoms with E-state index in [-0.39, 0.29) is 17.6 Å². The molecule has 0 unspecified atom stereocenters. The van der Waals surface area contributed by atoms with Crippen LogP contribution in [0.3, 0.4) is 0 Å². The summed E-state index contributed by atoms with van der Waals surface area (Å²) >= 11 is 0. The van der Waals surface area contributed by atoms with Crippen molar-refractivity contribution in [1.29, 1.82) is 0 Å². The summed E-state index contributed by atoms with van der Waals surface area (Å²) in [5.74, 6) is 0.211. The zero-order valence-electron chi connectivity index (χ0n) is 18.1. The van der Waals surface area contributed by atoms with Crippen LogP contribution in [0.1, 0.15) is 31.7 Å². The summed E-state index contributed by atoms with van der Waals surface area (Å²) in [6.45, 7) is 4.79. The van der Waals surface area contributed by atoms with E-state index in [4.69, 9.17) is 15.2 Å². The molecule has 0 saturated carbocycles. The number of rotatable bonds is 7. The minimum absolute atomic E-state index is 0.0938. The zero-order chi connectivity index (χ0) is 23.8. The van der Waals surface area contributed by atoms with E-state index in [1.54, 1.807) is 36.9 Å². The van der Waals surface area contributed by atoms with Crippen molar-refractivity contribution >= 4 is 22.4 Å². The van der Waals surface area contributed by atoms with E-state index in [9.17, 15) is 18.3 Å². The first-order valence-electron chi connectivity index (χ1n) is 10.3. The summed E-state index contributed by atoms with van der Waals surface area (Å²) in [7, 11) is 0. The van der Waals surface area contributed by atoms with Gasteiger partial charge in [-0.2, -0.15) is 18.3 Å². The Labute approximate surface area is 187 Å². The van der Waals surface area contributed by atoms with Gasteiger partial charge in [-0.25, -0.2) is 9.98 Å². The number of aliphatic imine (C=N–C) groups is 1. The van der Waals surface area contributed by atoms with Crippen LogP contribution in [-0.2, 0) is 17.5 Å². The number of fused-ring (bicyclic) bond motifs is 1. The van der Waals surface area contributed by atoms with Crippen molar-refractivity contribution in [2.75, 3.05) is 13.2 Å². The highest BCUT2D eigenvalue weighted by molar-refractivity contribution is 5.98. The van der Waals surface area contributed by atoms with Gasteiger partial charge >= 0.3 is 6.18 Å². The van der Waals surface area contributed by atoms with E-state index >= 15 is 0 Å². The molecular weight excluding hydrogens is 439 g/mol. The van der Waals surface area contributed by atoms with Gasteiger partial charge in [-0.05, 0) is 38.5 Å². The summed E-state index contributed by atoms with van der Waals surface area (Å²) in [6, 6.07) is 6.88. The first kappa shape index (κ1) is 23.0. The number of halogens is 3. The molecule has 176 valence electrons. The van der Waals surface area contributed by atoms with Crippen molar-refractivity contribution in [2.45, 2.75) is 44.7 Å². The molecule has 3 aromatic rings. The van der Waals surface area contributed by atoms with Crippen LogP contribution in [0.4, 0.5) is 18.9 Å². The number of nitrogens with zero attached hydrogens (tertiary/aromatic N) is 4. The second kappa shape index (κ2) is 8.64. The number of pyridine rings is 1. The Bertz CT molecular complexity index is 1180. The summed E-state index contributed by atoms with van der Waals surface area (Å²) in [6.07, 6.45) is -2.45. The third-order valence-corrected chi connectivity index (χ3v) is 5.03. The Hall–Kier alpha value is -3.18. The first-order chi connectivity index (χ1) is 15.5. The van der Waals surface area contributed by atoms with Crippen LogP contribution in [0.5, 0.6) is 5.75 Å². The number of benzene rings is 1. The third kappa shape index (κ3) is 5.60. The molecule has 2 aromatic heterocycles. The normalized spacial score (nSPS) is 15.6. The largest absolute Gasteiger partial charge is 0.483 e. The number of hydrogen-bond donors (Lipinski definition) is 2. The molecule has 1 fully saturated rings. The van der Waals surface area contributed by atoms with Crippen molar-refractivity contribution in [3.63, 3.8) is 0 Å². The standard InChI is InChI=1S/C22H24F3N5O3/c1-21(2,31)6-7-30-10-13-8-17(18(9-16(13)29-30)33-14-11-32-12-14)28-20(26)15-4-3-5-19(27-15)22(23,24)25/h3-5,8-10,14,31H,6-7,11-12H2,1-2H3,(H2,26,28). The summed E-state index contributed by atoms with van der Waals surface area (Å²) in [5, 5.41) is 15.2. The molecular formula is C22H24F3N5O3. The average molecular weight is 463 g/mol. The Kier molecular flexibility index (Phi) is 6.02. The maximum absolute atomic E-state index is 13.0. The Balaban J connectivity index is 1.70. The SMILES string of the molecule is CC(C)(O)CCn1cc2cc(N=C(N)c3cccc(C(F)(F)F)n3)c(OC3COC3)cc2n1. The van der Waals surface area contributed by atoms with Gasteiger partial charge in [-0.1, -0.05) is 6.07 Å². The zero-order valence-corrected chi connectivity index (χ0v) is 18.1. The van der Waals surface area contributed by atoms with E-state index in [0.717, 1.165) is 11.5 Å². The van der Waals surface area contributed by atoms with E-state index in [0.29, 0.717) is 43.1 Å². The molecule has 0 radical (unpaired) electrons. The van der Waals surface area contributed by atoms with Crippen molar-refractivity contribution in [3.8, 4) is 5.75 Å². The fraction of sp³-hybridized carbons (Fsp3) is 0.409.